The van der Waals surface area contributed by atoms with Crippen LogP contribution in [-0.4, -0.2) is 36.8 Å². The van der Waals surface area contributed by atoms with Gasteiger partial charge in [-0.3, -0.25) is 4.90 Å². The third-order valence-electron chi connectivity index (χ3n) is 4.28. The SMILES string of the molecule is COc1ccc([C@H](C#N)N2CCO[C@@H](c3ccccc3)C2)cc1O. The summed E-state index contributed by atoms with van der Waals surface area (Å²) in [4.78, 5) is 2.09. The molecule has 0 aromatic heterocycles. The van der Waals surface area contributed by atoms with Gasteiger partial charge in [0, 0.05) is 13.1 Å². The molecule has 0 amide bonds. The largest absolute Gasteiger partial charge is 0.504 e. The molecule has 0 saturated carbocycles. The molecule has 1 aliphatic rings. The standard InChI is InChI=1S/C19H20N2O3/c1-23-18-8-7-15(11-17(18)22)16(12-20)21-9-10-24-19(13-21)14-5-3-2-4-6-14/h2-8,11,16,19,22H,9-10,13H2,1H3/t16-,19+/m0/s1. The second-order valence-corrected chi connectivity index (χ2v) is 5.73. The van der Waals surface area contributed by atoms with E-state index in [2.05, 4.69) is 11.0 Å². The van der Waals surface area contributed by atoms with Gasteiger partial charge in [-0.1, -0.05) is 36.4 Å². The first-order chi connectivity index (χ1) is 11.7. The van der Waals surface area contributed by atoms with Gasteiger partial charge >= 0.3 is 0 Å². The van der Waals surface area contributed by atoms with Crippen LogP contribution in [0.2, 0.25) is 0 Å². The monoisotopic (exact) mass is 324 g/mol. The number of benzene rings is 2. The number of hydrogen-bond donors (Lipinski definition) is 1. The fraction of sp³-hybridized carbons (Fsp3) is 0.316. The van der Waals surface area contributed by atoms with Gasteiger partial charge in [-0.15, -0.1) is 0 Å². The Bertz CT molecular complexity index is 727. The van der Waals surface area contributed by atoms with Crippen molar-refractivity contribution in [3.05, 3.63) is 59.7 Å². The third-order valence-corrected chi connectivity index (χ3v) is 4.28. The van der Waals surface area contributed by atoms with Crippen molar-refractivity contribution < 1.29 is 14.6 Å². The zero-order chi connectivity index (χ0) is 16.9. The van der Waals surface area contributed by atoms with Gasteiger partial charge in [0.25, 0.3) is 0 Å². The van der Waals surface area contributed by atoms with Crippen LogP contribution in [0.25, 0.3) is 0 Å². The number of hydrogen-bond acceptors (Lipinski definition) is 5. The fourth-order valence-corrected chi connectivity index (χ4v) is 3.02. The van der Waals surface area contributed by atoms with E-state index in [1.165, 1.54) is 7.11 Å². The quantitative estimate of drug-likeness (QED) is 0.936. The first-order valence-corrected chi connectivity index (χ1v) is 7.90. The molecule has 124 valence electrons. The maximum atomic E-state index is 9.99. The topological polar surface area (TPSA) is 65.7 Å². The van der Waals surface area contributed by atoms with Crippen molar-refractivity contribution in [2.24, 2.45) is 0 Å². The second kappa shape index (κ2) is 7.35. The van der Waals surface area contributed by atoms with Crippen molar-refractivity contribution in [1.82, 2.24) is 4.90 Å². The number of nitriles is 1. The van der Waals surface area contributed by atoms with Gasteiger partial charge in [0.05, 0.1) is 25.9 Å². The van der Waals surface area contributed by atoms with Crippen molar-refractivity contribution >= 4 is 0 Å². The van der Waals surface area contributed by atoms with E-state index in [4.69, 9.17) is 9.47 Å². The van der Waals surface area contributed by atoms with Crippen LogP contribution in [0.5, 0.6) is 11.5 Å². The molecule has 1 saturated heterocycles. The van der Waals surface area contributed by atoms with Gasteiger partial charge in [-0.2, -0.15) is 5.26 Å². The van der Waals surface area contributed by atoms with Crippen LogP contribution in [-0.2, 0) is 4.74 Å². The molecule has 1 fully saturated rings. The summed E-state index contributed by atoms with van der Waals surface area (Å²) in [7, 11) is 1.50. The molecule has 0 aliphatic carbocycles. The molecule has 2 aromatic rings. The molecule has 5 heteroatoms. The van der Waals surface area contributed by atoms with Gasteiger partial charge in [0.2, 0.25) is 0 Å². The molecular weight excluding hydrogens is 304 g/mol. The Labute approximate surface area is 141 Å². The Kier molecular flexibility index (Phi) is 4.99. The molecule has 0 bridgehead atoms. The Morgan fingerprint density at radius 3 is 2.75 bits per heavy atom. The highest BCUT2D eigenvalue weighted by atomic mass is 16.5. The minimum Gasteiger partial charge on any atom is -0.504 e. The molecule has 0 radical (unpaired) electrons. The lowest BCUT2D eigenvalue weighted by molar-refractivity contribution is -0.0383. The lowest BCUT2D eigenvalue weighted by Crippen LogP contribution is -2.40. The summed E-state index contributed by atoms with van der Waals surface area (Å²) >= 11 is 0. The number of rotatable bonds is 4. The Morgan fingerprint density at radius 1 is 1.29 bits per heavy atom. The molecule has 1 aliphatic heterocycles. The van der Waals surface area contributed by atoms with E-state index in [0.717, 1.165) is 11.1 Å². The maximum absolute atomic E-state index is 9.99. The number of aromatic hydroxyl groups is 1. The van der Waals surface area contributed by atoms with E-state index >= 15 is 0 Å². The minimum absolute atomic E-state index is 0.0446. The van der Waals surface area contributed by atoms with Crippen LogP contribution in [0.15, 0.2) is 48.5 Å². The minimum atomic E-state index is -0.433. The number of phenols is 1. The maximum Gasteiger partial charge on any atom is 0.160 e. The third kappa shape index (κ3) is 3.35. The summed E-state index contributed by atoms with van der Waals surface area (Å²) in [6.07, 6.45) is -0.0531. The fourth-order valence-electron chi connectivity index (χ4n) is 3.02. The van der Waals surface area contributed by atoms with Gasteiger partial charge in [0.15, 0.2) is 11.5 Å². The highest BCUT2D eigenvalue weighted by Crippen LogP contribution is 2.33. The van der Waals surface area contributed by atoms with Crippen molar-refractivity contribution in [3.8, 4) is 17.6 Å². The summed E-state index contributed by atoms with van der Waals surface area (Å²) < 4.78 is 10.9. The average Bonchev–Trinajstić information content (AvgIpc) is 2.63. The van der Waals surface area contributed by atoms with Crippen LogP contribution in [0.1, 0.15) is 23.3 Å². The Morgan fingerprint density at radius 2 is 2.08 bits per heavy atom. The Balaban J connectivity index is 1.80. The van der Waals surface area contributed by atoms with Gasteiger partial charge in [-0.05, 0) is 23.3 Å². The normalized spacial score (nSPS) is 19.4. The second-order valence-electron chi connectivity index (χ2n) is 5.73. The van der Waals surface area contributed by atoms with E-state index in [0.29, 0.717) is 25.4 Å². The van der Waals surface area contributed by atoms with Gasteiger partial charge < -0.3 is 14.6 Å². The first kappa shape index (κ1) is 16.3. The van der Waals surface area contributed by atoms with Crippen LogP contribution in [0.3, 0.4) is 0 Å². The zero-order valence-electron chi connectivity index (χ0n) is 13.6. The molecule has 0 spiro atoms. The first-order valence-electron chi connectivity index (χ1n) is 7.90. The summed E-state index contributed by atoms with van der Waals surface area (Å²) in [5, 5.41) is 19.6. The van der Waals surface area contributed by atoms with Crippen LogP contribution in [0, 0.1) is 11.3 Å². The lowest BCUT2D eigenvalue weighted by Gasteiger charge is -2.36. The van der Waals surface area contributed by atoms with Gasteiger partial charge in [-0.25, -0.2) is 0 Å². The molecule has 1 N–H and O–H groups in total. The van der Waals surface area contributed by atoms with E-state index in [1.54, 1.807) is 12.1 Å². The zero-order valence-corrected chi connectivity index (χ0v) is 13.6. The number of phenolic OH excluding ortho intramolecular Hbond substituents is 1. The summed E-state index contributed by atoms with van der Waals surface area (Å²) in [6.45, 7) is 1.88. The number of ether oxygens (including phenoxy) is 2. The molecule has 2 aromatic carbocycles. The van der Waals surface area contributed by atoms with E-state index in [1.807, 2.05) is 36.4 Å². The van der Waals surface area contributed by atoms with Crippen LogP contribution >= 0.6 is 0 Å². The number of morpholine rings is 1. The summed E-state index contributed by atoms with van der Waals surface area (Å²) in [5.74, 6) is 0.447. The molecule has 1 heterocycles. The van der Waals surface area contributed by atoms with Crippen molar-refractivity contribution in [1.29, 1.82) is 5.26 Å². The predicted octanol–water partition coefficient (Wildman–Crippen LogP) is 3.04. The van der Waals surface area contributed by atoms with Crippen molar-refractivity contribution in [2.45, 2.75) is 12.1 Å². The van der Waals surface area contributed by atoms with E-state index < -0.39 is 6.04 Å². The Hall–Kier alpha value is -2.55. The summed E-state index contributed by atoms with van der Waals surface area (Å²) in [6, 6.07) is 17.0. The molecule has 2 atom stereocenters. The van der Waals surface area contributed by atoms with E-state index in [9.17, 15) is 10.4 Å². The highest BCUT2D eigenvalue weighted by Gasteiger charge is 2.28. The van der Waals surface area contributed by atoms with Crippen molar-refractivity contribution in [2.75, 3.05) is 26.8 Å². The molecule has 24 heavy (non-hydrogen) atoms. The van der Waals surface area contributed by atoms with E-state index in [-0.39, 0.29) is 11.9 Å². The molecule has 5 nitrogen and oxygen atoms in total. The summed E-state index contributed by atoms with van der Waals surface area (Å²) in [5.41, 5.74) is 1.86. The molecule has 0 unspecified atom stereocenters. The van der Waals surface area contributed by atoms with Crippen LogP contribution in [0.4, 0.5) is 0 Å². The van der Waals surface area contributed by atoms with Crippen LogP contribution < -0.4 is 4.74 Å². The number of nitrogens with zero attached hydrogens (tertiary/aromatic N) is 2. The molecular formula is C19H20N2O3. The van der Waals surface area contributed by atoms with Crippen molar-refractivity contribution in [3.63, 3.8) is 0 Å². The average molecular weight is 324 g/mol. The highest BCUT2D eigenvalue weighted by molar-refractivity contribution is 5.43. The van der Waals surface area contributed by atoms with Gasteiger partial charge in [0.1, 0.15) is 6.04 Å². The number of methoxy groups -OCH3 is 1. The smallest absolute Gasteiger partial charge is 0.160 e. The lowest BCUT2D eigenvalue weighted by atomic mass is 10.0. The molecule has 3 rings (SSSR count). The predicted molar refractivity (Wildman–Crippen MR) is 89.7 cm³/mol.